The molecular formula is C27H24Br2N4O4. The number of nitrogens with zero attached hydrogens (tertiary/aromatic N) is 4. The number of nitro benzene ring substituents is 1. The van der Waals surface area contributed by atoms with Crippen LogP contribution in [0.2, 0.25) is 0 Å². The van der Waals surface area contributed by atoms with Gasteiger partial charge < -0.3 is 4.74 Å². The van der Waals surface area contributed by atoms with E-state index in [-0.39, 0.29) is 29.5 Å². The summed E-state index contributed by atoms with van der Waals surface area (Å²) in [7, 11) is 0. The van der Waals surface area contributed by atoms with Crippen molar-refractivity contribution in [3.63, 3.8) is 0 Å². The van der Waals surface area contributed by atoms with Gasteiger partial charge in [0.05, 0.1) is 26.5 Å². The van der Waals surface area contributed by atoms with Crippen LogP contribution in [0.1, 0.15) is 48.7 Å². The van der Waals surface area contributed by atoms with Gasteiger partial charge in [0.15, 0.2) is 0 Å². The minimum absolute atomic E-state index is 0.0311. The van der Waals surface area contributed by atoms with Gasteiger partial charge in [-0.2, -0.15) is 9.78 Å². The van der Waals surface area contributed by atoms with Gasteiger partial charge >= 0.3 is 5.69 Å². The SMILES string of the molecule is CC[C@@H](C)c1nc2ccc(Br)cc2c(=O)n1N=Cc1cc(Br)c(OCc2cccc(C)c2)c([N+](=O)[O-])c1. The summed E-state index contributed by atoms with van der Waals surface area (Å²) in [5.41, 5.74) is 2.47. The number of benzene rings is 3. The van der Waals surface area contributed by atoms with E-state index >= 15 is 0 Å². The first-order valence-electron chi connectivity index (χ1n) is 11.6. The summed E-state index contributed by atoms with van der Waals surface area (Å²) in [6.07, 6.45) is 2.18. The van der Waals surface area contributed by atoms with Crippen molar-refractivity contribution < 1.29 is 9.66 Å². The molecule has 1 heterocycles. The molecule has 0 bridgehead atoms. The maximum absolute atomic E-state index is 13.3. The minimum atomic E-state index is -0.500. The van der Waals surface area contributed by atoms with Gasteiger partial charge in [-0.1, -0.05) is 59.6 Å². The molecule has 0 amide bonds. The van der Waals surface area contributed by atoms with Crippen LogP contribution in [0, 0.1) is 17.0 Å². The fourth-order valence-electron chi connectivity index (χ4n) is 3.81. The lowest BCUT2D eigenvalue weighted by Crippen LogP contribution is -2.23. The van der Waals surface area contributed by atoms with Crippen molar-refractivity contribution >= 4 is 54.7 Å². The van der Waals surface area contributed by atoms with Crippen molar-refractivity contribution in [2.24, 2.45) is 5.10 Å². The second-order valence-corrected chi connectivity index (χ2v) is 10.5. The van der Waals surface area contributed by atoms with Gasteiger partial charge in [-0.05, 0) is 59.1 Å². The monoisotopic (exact) mass is 626 g/mol. The smallest absolute Gasteiger partial charge is 0.312 e. The van der Waals surface area contributed by atoms with E-state index in [1.165, 1.54) is 17.0 Å². The van der Waals surface area contributed by atoms with Crippen LogP contribution in [0.3, 0.4) is 0 Å². The maximum atomic E-state index is 13.3. The molecule has 190 valence electrons. The third-order valence-corrected chi connectivity index (χ3v) is 7.00. The van der Waals surface area contributed by atoms with E-state index in [1.807, 2.05) is 51.1 Å². The molecule has 0 N–H and O–H groups in total. The van der Waals surface area contributed by atoms with Gasteiger partial charge in [0.2, 0.25) is 5.75 Å². The molecule has 8 nitrogen and oxygen atoms in total. The third-order valence-electron chi connectivity index (χ3n) is 5.92. The molecule has 0 fully saturated rings. The largest absolute Gasteiger partial charge is 0.481 e. The average molecular weight is 628 g/mol. The quantitative estimate of drug-likeness (QED) is 0.118. The zero-order chi connectivity index (χ0) is 26.7. The fourth-order valence-corrected chi connectivity index (χ4v) is 4.76. The van der Waals surface area contributed by atoms with Gasteiger partial charge in [-0.25, -0.2) is 4.98 Å². The van der Waals surface area contributed by atoms with Gasteiger partial charge in [0, 0.05) is 22.0 Å². The average Bonchev–Trinajstić information content (AvgIpc) is 2.87. The van der Waals surface area contributed by atoms with Crippen LogP contribution >= 0.6 is 31.9 Å². The number of aryl methyl sites for hydroxylation is 1. The van der Waals surface area contributed by atoms with Crippen LogP contribution in [0.15, 0.2) is 73.4 Å². The summed E-state index contributed by atoms with van der Waals surface area (Å²) in [4.78, 5) is 29.4. The summed E-state index contributed by atoms with van der Waals surface area (Å²) in [6.45, 7) is 6.13. The summed E-state index contributed by atoms with van der Waals surface area (Å²) in [5.74, 6) is 0.611. The number of hydrogen-bond acceptors (Lipinski definition) is 6. The van der Waals surface area contributed by atoms with E-state index in [2.05, 4.69) is 41.9 Å². The van der Waals surface area contributed by atoms with Gasteiger partial charge in [0.25, 0.3) is 5.56 Å². The Morgan fingerprint density at radius 1 is 1.19 bits per heavy atom. The highest BCUT2D eigenvalue weighted by Gasteiger charge is 2.21. The molecule has 0 saturated heterocycles. The fraction of sp³-hybridized carbons (Fsp3) is 0.222. The maximum Gasteiger partial charge on any atom is 0.312 e. The Kier molecular flexibility index (Phi) is 8.19. The van der Waals surface area contributed by atoms with Gasteiger partial charge in [0.1, 0.15) is 12.4 Å². The van der Waals surface area contributed by atoms with Crippen LogP contribution in [-0.2, 0) is 6.61 Å². The Hall–Kier alpha value is -3.37. The molecule has 0 aliphatic rings. The molecule has 0 aliphatic carbocycles. The molecule has 0 unspecified atom stereocenters. The number of ether oxygens (including phenoxy) is 1. The van der Waals surface area contributed by atoms with Crippen molar-refractivity contribution in [3.05, 3.63) is 107 Å². The molecule has 0 radical (unpaired) electrons. The zero-order valence-electron chi connectivity index (χ0n) is 20.4. The van der Waals surface area contributed by atoms with E-state index in [4.69, 9.17) is 4.74 Å². The second-order valence-electron chi connectivity index (χ2n) is 8.69. The van der Waals surface area contributed by atoms with E-state index in [1.54, 1.807) is 18.2 Å². The molecule has 37 heavy (non-hydrogen) atoms. The number of fused-ring (bicyclic) bond motifs is 1. The Balaban J connectivity index is 1.74. The predicted molar refractivity (Wildman–Crippen MR) is 152 cm³/mol. The summed E-state index contributed by atoms with van der Waals surface area (Å²) < 4.78 is 8.26. The molecule has 0 aliphatic heterocycles. The second kappa shape index (κ2) is 11.4. The van der Waals surface area contributed by atoms with Crippen molar-refractivity contribution in [3.8, 4) is 5.75 Å². The third kappa shape index (κ3) is 5.97. The van der Waals surface area contributed by atoms with E-state index in [0.29, 0.717) is 26.8 Å². The molecule has 4 aromatic rings. The Morgan fingerprint density at radius 3 is 2.68 bits per heavy atom. The van der Waals surface area contributed by atoms with Crippen LogP contribution in [-0.4, -0.2) is 20.8 Å². The predicted octanol–water partition coefficient (Wildman–Crippen LogP) is 7.11. The van der Waals surface area contributed by atoms with E-state index in [0.717, 1.165) is 22.0 Å². The number of hydrogen-bond donors (Lipinski definition) is 0. The molecule has 3 aromatic carbocycles. The molecule has 0 saturated carbocycles. The Bertz CT molecular complexity index is 1580. The molecule has 1 aromatic heterocycles. The number of rotatable bonds is 8. The first-order chi connectivity index (χ1) is 17.7. The molecular weight excluding hydrogens is 604 g/mol. The highest BCUT2D eigenvalue weighted by molar-refractivity contribution is 9.10. The number of aromatic nitrogens is 2. The standard InChI is InChI=1S/C27H24Br2N4O4/c1-4-17(3)26-31-23-9-8-20(28)13-21(23)27(34)32(26)30-14-19-11-22(29)25(24(12-19)33(35)36)37-15-18-7-5-6-16(2)10-18/h5-14,17H,4,15H2,1-3H3/t17-/m1/s1. The zero-order valence-corrected chi connectivity index (χ0v) is 23.6. The number of nitro groups is 1. The molecule has 0 spiro atoms. The normalized spacial score (nSPS) is 12.2. The number of halogens is 2. The van der Waals surface area contributed by atoms with Crippen LogP contribution in [0.5, 0.6) is 5.75 Å². The lowest BCUT2D eigenvalue weighted by molar-refractivity contribution is -0.386. The first-order valence-corrected chi connectivity index (χ1v) is 13.2. The van der Waals surface area contributed by atoms with Crippen LogP contribution < -0.4 is 10.3 Å². The summed E-state index contributed by atoms with van der Waals surface area (Å²) in [6, 6.07) is 16.1. The van der Waals surface area contributed by atoms with Crippen LogP contribution in [0.4, 0.5) is 5.69 Å². The Labute approximate surface area is 230 Å². The topological polar surface area (TPSA) is 99.6 Å². The lowest BCUT2D eigenvalue weighted by atomic mass is 10.1. The molecule has 10 heteroatoms. The molecule has 4 rings (SSSR count). The van der Waals surface area contributed by atoms with Crippen molar-refractivity contribution in [2.75, 3.05) is 0 Å². The first kappa shape index (κ1) is 26.7. The highest BCUT2D eigenvalue weighted by atomic mass is 79.9. The minimum Gasteiger partial charge on any atom is -0.481 e. The van der Waals surface area contributed by atoms with Crippen molar-refractivity contribution in [1.82, 2.24) is 9.66 Å². The van der Waals surface area contributed by atoms with Gasteiger partial charge in [-0.3, -0.25) is 14.9 Å². The van der Waals surface area contributed by atoms with Crippen molar-refractivity contribution in [1.29, 1.82) is 0 Å². The van der Waals surface area contributed by atoms with E-state index < -0.39 is 4.92 Å². The highest BCUT2D eigenvalue weighted by Crippen LogP contribution is 2.36. The summed E-state index contributed by atoms with van der Waals surface area (Å²) >= 11 is 6.81. The van der Waals surface area contributed by atoms with Gasteiger partial charge in [-0.15, -0.1) is 0 Å². The van der Waals surface area contributed by atoms with Crippen LogP contribution in [0.25, 0.3) is 10.9 Å². The van der Waals surface area contributed by atoms with E-state index in [9.17, 15) is 14.9 Å². The molecule has 1 atom stereocenters. The Morgan fingerprint density at radius 2 is 1.97 bits per heavy atom. The summed E-state index contributed by atoms with van der Waals surface area (Å²) in [5, 5.41) is 16.7. The van der Waals surface area contributed by atoms with Crippen molar-refractivity contribution in [2.45, 2.75) is 39.7 Å². The lowest BCUT2D eigenvalue weighted by Gasteiger charge is -2.14.